The molecule has 2 saturated heterocycles. The standard InChI is InChI=1S/C62H120N2O31S2/c1-51(67)63-55-59(71)57(69)53(49-65)94-61(55)92-5-3-45-96-47-43-90-41-39-88-37-35-86-33-31-84-29-27-82-25-23-80-21-19-78-17-15-76-13-11-74-9-7-73-8-10-75-12-14-77-16-18-79-20-22-81-24-26-83-28-30-85-32-34-87-36-38-89-40-42-91-44-48-97-46-4-6-93-62-56(64-52(2)68)60(72)58(70)54(50-66)95-62/h53-62,65-66,69-72H,3-50H2,1-2H3,(H,63,67)(H,64,68)/t53-,54-,55-,56-,57-,58-,59-,60-,61+,62+/m1/s1. The van der Waals surface area contributed by atoms with Crippen molar-refractivity contribution in [3.63, 3.8) is 0 Å². The summed E-state index contributed by atoms with van der Waals surface area (Å²) in [5.41, 5.74) is 0. The zero-order valence-corrected chi connectivity index (χ0v) is 59.1. The predicted molar refractivity (Wildman–Crippen MR) is 352 cm³/mol. The molecular weight excluding hydrogens is 1330 g/mol. The van der Waals surface area contributed by atoms with Crippen molar-refractivity contribution >= 4 is 35.3 Å². The van der Waals surface area contributed by atoms with Crippen LogP contribution >= 0.6 is 23.5 Å². The number of aliphatic hydroxyl groups is 6. The molecule has 2 aliphatic rings. The molecule has 0 unspecified atom stereocenters. The molecule has 2 heterocycles. The number of thioether (sulfide) groups is 2. The first-order chi connectivity index (χ1) is 47.6. The fourth-order valence-corrected chi connectivity index (χ4v) is 9.97. The Kier molecular flexibility index (Phi) is 65.0. The normalized spacial score (nSPS) is 21.2. The van der Waals surface area contributed by atoms with Crippen molar-refractivity contribution in [2.24, 2.45) is 0 Å². The summed E-state index contributed by atoms with van der Waals surface area (Å²) in [6.07, 6.45) is -7.92. The van der Waals surface area contributed by atoms with Crippen LogP contribution < -0.4 is 10.6 Å². The first-order valence-corrected chi connectivity index (χ1v) is 36.1. The molecule has 576 valence electrons. The number of ether oxygens (including phenoxy) is 23. The molecule has 0 aromatic heterocycles. The summed E-state index contributed by atoms with van der Waals surface area (Å²) in [5, 5.41) is 64.8. The molecule has 97 heavy (non-hydrogen) atoms. The molecule has 0 bridgehead atoms. The third-order valence-electron chi connectivity index (χ3n) is 13.4. The van der Waals surface area contributed by atoms with E-state index in [4.69, 9.17) is 109 Å². The summed E-state index contributed by atoms with van der Waals surface area (Å²) in [6.45, 7) is 20.2. The molecule has 0 spiro atoms. The van der Waals surface area contributed by atoms with Crippen LogP contribution in [-0.4, -0.2) is 404 Å². The van der Waals surface area contributed by atoms with E-state index in [1.807, 2.05) is 0 Å². The SMILES string of the molecule is CC(=O)N[C@H]1[C@@H](OCCCSCCOCCOCCOCCOCCOCCOCCOCCOCCOCCOCCOCCOCCOCCOCCOCCOCCOCCOCCOCCSCCCO[C@H]2O[C@H](CO)[C@@H](O)[C@H](O)[C@H]2NC(C)=O)O[C@H](CO)[C@@H](O)[C@@H]1O. The fourth-order valence-electron chi connectivity index (χ4n) is 8.45. The van der Waals surface area contributed by atoms with Gasteiger partial charge in [-0.2, -0.15) is 23.5 Å². The highest BCUT2D eigenvalue weighted by molar-refractivity contribution is 7.99. The van der Waals surface area contributed by atoms with E-state index >= 15 is 0 Å². The van der Waals surface area contributed by atoms with Crippen LogP contribution in [0.25, 0.3) is 0 Å². The Labute approximate surface area is 581 Å². The lowest BCUT2D eigenvalue weighted by Gasteiger charge is -2.42. The van der Waals surface area contributed by atoms with E-state index in [9.17, 15) is 40.2 Å². The lowest BCUT2D eigenvalue weighted by atomic mass is 9.97. The lowest BCUT2D eigenvalue weighted by molar-refractivity contribution is -0.270. The van der Waals surface area contributed by atoms with Gasteiger partial charge in [0.2, 0.25) is 11.8 Å². The number of amides is 2. The van der Waals surface area contributed by atoms with Gasteiger partial charge in [-0.3, -0.25) is 9.59 Å². The van der Waals surface area contributed by atoms with Crippen molar-refractivity contribution in [1.29, 1.82) is 0 Å². The van der Waals surface area contributed by atoms with Gasteiger partial charge in [0, 0.05) is 25.4 Å². The van der Waals surface area contributed by atoms with E-state index < -0.39 is 86.3 Å². The van der Waals surface area contributed by atoms with Crippen molar-refractivity contribution in [2.45, 2.75) is 88.0 Å². The van der Waals surface area contributed by atoms with Crippen LogP contribution in [0.5, 0.6) is 0 Å². The van der Waals surface area contributed by atoms with Crippen LogP contribution in [-0.2, 0) is 119 Å². The topological polar surface area (TPSA) is 392 Å². The Hall–Kier alpha value is -1.52. The van der Waals surface area contributed by atoms with Gasteiger partial charge in [0.05, 0.1) is 277 Å². The number of nitrogens with one attached hydrogen (secondary N) is 2. The maximum Gasteiger partial charge on any atom is 0.217 e. The van der Waals surface area contributed by atoms with Crippen LogP contribution in [0.4, 0.5) is 0 Å². The summed E-state index contributed by atoms with van der Waals surface area (Å²) in [6, 6.07) is -1.89. The Morgan fingerprint density at radius 2 is 0.474 bits per heavy atom. The fraction of sp³-hybridized carbons (Fsp3) is 0.968. The second kappa shape index (κ2) is 68.9. The van der Waals surface area contributed by atoms with Crippen molar-refractivity contribution in [3.05, 3.63) is 0 Å². The van der Waals surface area contributed by atoms with Crippen LogP contribution in [0.15, 0.2) is 0 Å². The number of aliphatic hydroxyl groups excluding tert-OH is 6. The maximum absolute atomic E-state index is 11.5. The number of carbonyl (C=O) groups excluding carboxylic acids is 2. The summed E-state index contributed by atoms with van der Waals surface area (Å²) in [7, 11) is 0. The van der Waals surface area contributed by atoms with Crippen molar-refractivity contribution in [2.75, 3.05) is 301 Å². The third-order valence-corrected chi connectivity index (χ3v) is 15.4. The minimum atomic E-state index is -1.34. The average Bonchev–Trinajstić information content (AvgIpc) is 0.867. The molecule has 2 fully saturated rings. The van der Waals surface area contributed by atoms with Crippen molar-refractivity contribution < 1.29 is 149 Å². The van der Waals surface area contributed by atoms with Gasteiger partial charge in [0.15, 0.2) is 12.6 Å². The van der Waals surface area contributed by atoms with E-state index in [0.29, 0.717) is 277 Å². The van der Waals surface area contributed by atoms with E-state index in [-0.39, 0.29) is 0 Å². The van der Waals surface area contributed by atoms with Crippen LogP contribution in [0.2, 0.25) is 0 Å². The number of hydrogen-bond donors (Lipinski definition) is 8. The van der Waals surface area contributed by atoms with E-state index in [1.54, 1.807) is 23.5 Å². The molecule has 10 atom stereocenters. The Morgan fingerprint density at radius 3 is 0.649 bits per heavy atom. The summed E-state index contributed by atoms with van der Waals surface area (Å²) in [4.78, 5) is 23.1. The van der Waals surface area contributed by atoms with Gasteiger partial charge >= 0.3 is 0 Å². The zero-order chi connectivity index (χ0) is 70.0. The smallest absolute Gasteiger partial charge is 0.217 e. The van der Waals surface area contributed by atoms with Crippen molar-refractivity contribution in [1.82, 2.24) is 10.6 Å². The van der Waals surface area contributed by atoms with Gasteiger partial charge < -0.3 is 150 Å². The highest BCUT2D eigenvalue weighted by Crippen LogP contribution is 2.24. The van der Waals surface area contributed by atoms with Gasteiger partial charge in [0.25, 0.3) is 0 Å². The molecule has 8 N–H and O–H groups in total. The summed E-state index contributed by atoms with van der Waals surface area (Å²) < 4.78 is 128. The van der Waals surface area contributed by atoms with Crippen LogP contribution in [0, 0.1) is 0 Å². The molecule has 0 saturated carbocycles. The van der Waals surface area contributed by atoms with Gasteiger partial charge in [-0.05, 0) is 24.3 Å². The molecular formula is C62H120N2O31S2. The van der Waals surface area contributed by atoms with Crippen LogP contribution in [0.3, 0.4) is 0 Å². The quantitative estimate of drug-likeness (QED) is 0.0291. The minimum absolute atomic E-state index is 0.313. The maximum atomic E-state index is 11.5. The first-order valence-electron chi connectivity index (χ1n) is 33.7. The Bertz CT molecular complexity index is 1600. The lowest BCUT2D eigenvalue weighted by Crippen LogP contribution is -2.64. The second-order valence-corrected chi connectivity index (χ2v) is 23.6. The summed E-state index contributed by atoms with van der Waals surface area (Å²) >= 11 is 3.40. The van der Waals surface area contributed by atoms with Crippen LogP contribution in [0.1, 0.15) is 26.7 Å². The van der Waals surface area contributed by atoms with Gasteiger partial charge in [0.1, 0.15) is 48.7 Å². The van der Waals surface area contributed by atoms with Gasteiger partial charge in [-0.15, -0.1) is 0 Å². The molecule has 33 nitrogen and oxygen atoms in total. The monoisotopic (exact) mass is 1450 g/mol. The largest absolute Gasteiger partial charge is 0.394 e. The highest BCUT2D eigenvalue weighted by atomic mass is 32.2. The highest BCUT2D eigenvalue weighted by Gasteiger charge is 2.46. The number of carbonyl (C=O) groups is 2. The predicted octanol–water partition coefficient (Wildman–Crippen LogP) is -2.53. The number of rotatable bonds is 74. The molecule has 2 rings (SSSR count). The first kappa shape index (κ1) is 91.6. The molecule has 0 aromatic carbocycles. The van der Waals surface area contributed by atoms with Gasteiger partial charge in [-0.1, -0.05) is 0 Å². The molecule has 35 heteroatoms. The van der Waals surface area contributed by atoms with Crippen molar-refractivity contribution in [3.8, 4) is 0 Å². The third kappa shape index (κ3) is 53.9. The van der Waals surface area contributed by atoms with Gasteiger partial charge in [-0.25, -0.2) is 0 Å². The second-order valence-electron chi connectivity index (χ2n) is 21.2. The zero-order valence-electron chi connectivity index (χ0n) is 57.4. The molecule has 0 aliphatic carbocycles. The Morgan fingerprint density at radius 1 is 0.289 bits per heavy atom. The minimum Gasteiger partial charge on any atom is -0.394 e. The van der Waals surface area contributed by atoms with E-state index in [2.05, 4.69) is 10.6 Å². The summed E-state index contributed by atoms with van der Waals surface area (Å²) in [5.74, 6) is 2.42. The molecule has 0 aromatic rings. The average molecular weight is 1450 g/mol. The van der Waals surface area contributed by atoms with E-state index in [1.165, 1.54) is 13.8 Å². The molecule has 2 amide bonds. The van der Waals surface area contributed by atoms with E-state index in [0.717, 1.165) is 23.0 Å². The number of hydrogen-bond acceptors (Lipinski definition) is 33. The molecule has 0 radical (unpaired) electrons. The Balaban J connectivity index is 1.13. The molecule has 2 aliphatic heterocycles.